The van der Waals surface area contributed by atoms with Crippen molar-refractivity contribution in [3.63, 3.8) is 0 Å². The van der Waals surface area contributed by atoms with E-state index in [2.05, 4.69) is 20.8 Å². The lowest BCUT2D eigenvalue weighted by atomic mass is 9.89. The van der Waals surface area contributed by atoms with E-state index in [1.54, 1.807) is 6.07 Å². The van der Waals surface area contributed by atoms with E-state index in [0.717, 1.165) is 11.1 Å². The van der Waals surface area contributed by atoms with Gasteiger partial charge in [0.25, 0.3) is 0 Å². The van der Waals surface area contributed by atoms with Gasteiger partial charge in [0.1, 0.15) is 5.82 Å². The molecule has 0 aromatic heterocycles. The SMILES string of the molecule is Cc1ccc(F)c([C@@H](C)C(C)C)c1. The Morgan fingerprint density at radius 1 is 1.15 bits per heavy atom. The third-order valence-electron chi connectivity index (χ3n) is 2.64. The summed E-state index contributed by atoms with van der Waals surface area (Å²) in [5, 5.41) is 0. The van der Waals surface area contributed by atoms with Gasteiger partial charge in [0, 0.05) is 0 Å². The third kappa shape index (κ3) is 2.30. The Labute approximate surface area is 79.8 Å². The molecule has 13 heavy (non-hydrogen) atoms. The van der Waals surface area contributed by atoms with Crippen LogP contribution in [0.25, 0.3) is 0 Å². The quantitative estimate of drug-likeness (QED) is 0.647. The number of halogens is 1. The van der Waals surface area contributed by atoms with E-state index in [-0.39, 0.29) is 5.82 Å². The zero-order valence-corrected chi connectivity index (χ0v) is 8.76. The molecule has 0 unspecified atom stereocenters. The van der Waals surface area contributed by atoms with E-state index in [4.69, 9.17) is 0 Å². The highest BCUT2D eigenvalue weighted by atomic mass is 19.1. The van der Waals surface area contributed by atoms with Gasteiger partial charge >= 0.3 is 0 Å². The Morgan fingerprint density at radius 3 is 2.31 bits per heavy atom. The van der Waals surface area contributed by atoms with Gasteiger partial charge in [0.15, 0.2) is 0 Å². The topological polar surface area (TPSA) is 0 Å². The van der Waals surface area contributed by atoms with Crippen LogP contribution in [0.15, 0.2) is 18.2 Å². The van der Waals surface area contributed by atoms with Crippen LogP contribution >= 0.6 is 0 Å². The van der Waals surface area contributed by atoms with E-state index < -0.39 is 0 Å². The molecule has 0 saturated carbocycles. The molecule has 0 saturated heterocycles. The molecule has 0 heterocycles. The van der Waals surface area contributed by atoms with Crippen molar-refractivity contribution in [3.8, 4) is 0 Å². The minimum absolute atomic E-state index is 0.0770. The molecule has 0 aliphatic heterocycles. The minimum atomic E-state index is -0.0770. The standard InChI is InChI=1S/C12H17F/c1-8(2)10(4)11-7-9(3)5-6-12(11)13/h5-8,10H,1-4H3/t10-/m0/s1. The number of rotatable bonds is 2. The Kier molecular flexibility index (Phi) is 3.07. The Balaban J connectivity index is 3.05. The first-order valence-corrected chi connectivity index (χ1v) is 4.78. The van der Waals surface area contributed by atoms with Crippen LogP contribution in [0.1, 0.15) is 37.8 Å². The maximum Gasteiger partial charge on any atom is 0.126 e. The maximum atomic E-state index is 13.4. The van der Waals surface area contributed by atoms with Crippen molar-refractivity contribution in [2.75, 3.05) is 0 Å². The fourth-order valence-electron chi connectivity index (χ4n) is 1.37. The average Bonchev–Trinajstić information content (AvgIpc) is 2.08. The molecule has 0 bridgehead atoms. The van der Waals surface area contributed by atoms with Gasteiger partial charge in [-0.25, -0.2) is 4.39 Å². The third-order valence-corrected chi connectivity index (χ3v) is 2.64. The summed E-state index contributed by atoms with van der Waals surface area (Å²) in [5.41, 5.74) is 1.97. The average molecular weight is 180 g/mol. The molecule has 0 nitrogen and oxygen atoms in total. The monoisotopic (exact) mass is 180 g/mol. The zero-order valence-electron chi connectivity index (χ0n) is 8.76. The normalized spacial score (nSPS) is 13.4. The van der Waals surface area contributed by atoms with Gasteiger partial charge in [0.2, 0.25) is 0 Å². The molecule has 1 rings (SSSR count). The van der Waals surface area contributed by atoms with E-state index in [1.807, 2.05) is 19.1 Å². The smallest absolute Gasteiger partial charge is 0.126 e. The van der Waals surface area contributed by atoms with Crippen LogP contribution in [0.5, 0.6) is 0 Å². The number of hydrogen-bond donors (Lipinski definition) is 0. The van der Waals surface area contributed by atoms with E-state index in [0.29, 0.717) is 11.8 Å². The van der Waals surface area contributed by atoms with Crippen molar-refractivity contribution in [3.05, 3.63) is 35.1 Å². The molecule has 1 aromatic rings. The van der Waals surface area contributed by atoms with Crippen molar-refractivity contribution in [1.82, 2.24) is 0 Å². The predicted molar refractivity (Wildman–Crippen MR) is 54.4 cm³/mol. The number of benzene rings is 1. The highest BCUT2D eigenvalue weighted by Crippen LogP contribution is 2.26. The fraction of sp³-hybridized carbons (Fsp3) is 0.500. The van der Waals surface area contributed by atoms with Gasteiger partial charge in [-0.1, -0.05) is 38.5 Å². The lowest BCUT2D eigenvalue weighted by Gasteiger charge is -2.17. The van der Waals surface area contributed by atoms with E-state index >= 15 is 0 Å². The first-order valence-electron chi connectivity index (χ1n) is 4.78. The summed E-state index contributed by atoms with van der Waals surface area (Å²) in [6.45, 7) is 8.30. The first kappa shape index (κ1) is 10.2. The van der Waals surface area contributed by atoms with E-state index in [9.17, 15) is 4.39 Å². The molecule has 0 aliphatic carbocycles. The van der Waals surface area contributed by atoms with Crippen molar-refractivity contribution < 1.29 is 4.39 Å². The molecule has 1 aromatic carbocycles. The van der Waals surface area contributed by atoms with Crippen LogP contribution in [0, 0.1) is 18.7 Å². The van der Waals surface area contributed by atoms with Crippen LogP contribution < -0.4 is 0 Å². The molecule has 0 radical (unpaired) electrons. The van der Waals surface area contributed by atoms with Gasteiger partial charge in [-0.05, 0) is 30.4 Å². The second-order valence-electron chi connectivity index (χ2n) is 4.06. The van der Waals surface area contributed by atoms with Gasteiger partial charge in [-0.2, -0.15) is 0 Å². The fourth-order valence-corrected chi connectivity index (χ4v) is 1.37. The Hall–Kier alpha value is -0.850. The van der Waals surface area contributed by atoms with Crippen LogP contribution in [-0.4, -0.2) is 0 Å². The van der Waals surface area contributed by atoms with Gasteiger partial charge < -0.3 is 0 Å². The highest BCUT2D eigenvalue weighted by molar-refractivity contribution is 5.27. The molecule has 0 N–H and O–H groups in total. The summed E-state index contributed by atoms with van der Waals surface area (Å²) in [4.78, 5) is 0. The molecule has 0 spiro atoms. The summed E-state index contributed by atoms with van der Waals surface area (Å²) < 4.78 is 13.4. The lowest BCUT2D eigenvalue weighted by Crippen LogP contribution is -2.04. The van der Waals surface area contributed by atoms with Gasteiger partial charge in [-0.3, -0.25) is 0 Å². The summed E-state index contributed by atoms with van der Waals surface area (Å²) in [6.07, 6.45) is 0. The summed E-state index contributed by atoms with van der Waals surface area (Å²) >= 11 is 0. The molecule has 0 aliphatic rings. The van der Waals surface area contributed by atoms with Crippen LogP contribution in [0.4, 0.5) is 4.39 Å². The molecule has 72 valence electrons. The second kappa shape index (κ2) is 3.91. The molecule has 0 amide bonds. The van der Waals surface area contributed by atoms with E-state index in [1.165, 1.54) is 0 Å². The summed E-state index contributed by atoms with van der Waals surface area (Å²) in [6, 6.07) is 5.31. The van der Waals surface area contributed by atoms with Crippen molar-refractivity contribution >= 4 is 0 Å². The first-order chi connectivity index (χ1) is 6.02. The molecule has 1 atom stereocenters. The summed E-state index contributed by atoms with van der Waals surface area (Å²) in [7, 11) is 0. The highest BCUT2D eigenvalue weighted by Gasteiger charge is 2.13. The molecular formula is C12H17F. The molecule has 0 fully saturated rings. The molecule has 1 heteroatoms. The minimum Gasteiger partial charge on any atom is -0.207 e. The van der Waals surface area contributed by atoms with Gasteiger partial charge in [-0.15, -0.1) is 0 Å². The Morgan fingerprint density at radius 2 is 1.77 bits per heavy atom. The summed E-state index contributed by atoms with van der Waals surface area (Å²) in [5.74, 6) is 0.697. The number of hydrogen-bond acceptors (Lipinski definition) is 0. The van der Waals surface area contributed by atoms with Crippen LogP contribution in [0.3, 0.4) is 0 Å². The van der Waals surface area contributed by atoms with Crippen molar-refractivity contribution in [2.45, 2.75) is 33.6 Å². The Bertz CT molecular complexity index is 289. The number of aryl methyl sites for hydroxylation is 1. The second-order valence-corrected chi connectivity index (χ2v) is 4.06. The van der Waals surface area contributed by atoms with Crippen LogP contribution in [-0.2, 0) is 0 Å². The van der Waals surface area contributed by atoms with Crippen molar-refractivity contribution in [2.24, 2.45) is 5.92 Å². The predicted octanol–water partition coefficient (Wildman–Crippen LogP) is 3.89. The van der Waals surface area contributed by atoms with Crippen molar-refractivity contribution in [1.29, 1.82) is 0 Å². The maximum absolute atomic E-state index is 13.4. The van der Waals surface area contributed by atoms with Gasteiger partial charge in [0.05, 0.1) is 0 Å². The van der Waals surface area contributed by atoms with Crippen LogP contribution in [0.2, 0.25) is 0 Å². The largest absolute Gasteiger partial charge is 0.207 e. The molecular weight excluding hydrogens is 163 g/mol. The zero-order chi connectivity index (χ0) is 10.0. The lowest BCUT2D eigenvalue weighted by molar-refractivity contribution is 0.501.